The molecule has 0 bridgehead atoms. The Morgan fingerprint density at radius 1 is 1.14 bits per heavy atom. The van der Waals surface area contributed by atoms with Gasteiger partial charge in [-0.3, -0.25) is 4.40 Å². The van der Waals surface area contributed by atoms with E-state index in [9.17, 15) is 13.2 Å². The second kappa shape index (κ2) is 7.26. The minimum atomic E-state index is -4.23. The Labute approximate surface area is 164 Å². The first kappa shape index (κ1) is 20.4. The smallest absolute Gasteiger partial charge is 0.299 e. The van der Waals surface area contributed by atoms with E-state index in [2.05, 4.69) is 39.6 Å². The van der Waals surface area contributed by atoms with Crippen LogP contribution in [0.15, 0.2) is 36.2 Å². The lowest BCUT2D eigenvalue weighted by Gasteiger charge is -2.22. The van der Waals surface area contributed by atoms with Crippen LogP contribution in [0.3, 0.4) is 0 Å². The molecule has 0 aliphatic heterocycles. The maximum Gasteiger partial charge on any atom is 0.393 e. The first-order valence-corrected chi connectivity index (χ1v) is 9.64. The van der Waals surface area contributed by atoms with E-state index in [1.807, 2.05) is 23.6 Å². The third-order valence-electron chi connectivity index (χ3n) is 6.00. The summed E-state index contributed by atoms with van der Waals surface area (Å²) >= 11 is 0. The molecule has 5 heteroatoms. The SMILES string of the molecule is C/C(=C(\C)C(C)C(C)C)c1c(C)c2nccn2c2cc(CC(F)(F)F)ccc12. The zero-order valence-corrected chi connectivity index (χ0v) is 17.3. The molecule has 0 radical (unpaired) electrons. The molecule has 150 valence electrons. The maximum atomic E-state index is 12.9. The molecular formula is C23H27F3N2. The summed E-state index contributed by atoms with van der Waals surface area (Å²) in [6.45, 7) is 12.9. The topological polar surface area (TPSA) is 17.3 Å². The van der Waals surface area contributed by atoms with Gasteiger partial charge in [0.2, 0.25) is 0 Å². The summed E-state index contributed by atoms with van der Waals surface area (Å²) in [6.07, 6.45) is -1.64. The van der Waals surface area contributed by atoms with Crippen molar-refractivity contribution < 1.29 is 13.2 Å². The zero-order valence-electron chi connectivity index (χ0n) is 17.3. The Kier molecular flexibility index (Phi) is 5.30. The number of halogens is 3. The molecule has 28 heavy (non-hydrogen) atoms. The van der Waals surface area contributed by atoms with Crippen LogP contribution in [0.5, 0.6) is 0 Å². The van der Waals surface area contributed by atoms with Gasteiger partial charge >= 0.3 is 6.18 Å². The molecule has 2 aromatic heterocycles. The summed E-state index contributed by atoms with van der Waals surface area (Å²) < 4.78 is 40.6. The van der Waals surface area contributed by atoms with Crippen LogP contribution < -0.4 is 0 Å². The number of nitrogens with zero attached hydrogens (tertiary/aromatic N) is 2. The summed E-state index contributed by atoms with van der Waals surface area (Å²) in [5.41, 5.74) is 6.42. The van der Waals surface area contributed by atoms with Crippen molar-refractivity contribution in [1.29, 1.82) is 0 Å². The van der Waals surface area contributed by atoms with E-state index in [0.29, 0.717) is 11.8 Å². The number of rotatable bonds is 4. The first-order valence-electron chi connectivity index (χ1n) is 9.64. The Balaban J connectivity index is 2.33. The summed E-state index contributed by atoms with van der Waals surface area (Å²) in [5, 5.41) is 0.960. The fourth-order valence-electron chi connectivity index (χ4n) is 3.94. The van der Waals surface area contributed by atoms with Crippen molar-refractivity contribution in [3.8, 4) is 0 Å². The molecule has 1 unspecified atom stereocenters. The molecule has 0 saturated carbocycles. The van der Waals surface area contributed by atoms with Crippen LogP contribution >= 0.6 is 0 Å². The van der Waals surface area contributed by atoms with Gasteiger partial charge in [-0.05, 0) is 55.4 Å². The van der Waals surface area contributed by atoms with Gasteiger partial charge in [0, 0.05) is 23.3 Å². The second-order valence-electron chi connectivity index (χ2n) is 8.11. The molecule has 0 saturated heterocycles. The predicted molar refractivity (Wildman–Crippen MR) is 109 cm³/mol. The number of imidazole rings is 1. The lowest BCUT2D eigenvalue weighted by Crippen LogP contribution is -2.11. The van der Waals surface area contributed by atoms with Gasteiger partial charge < -0.3 is 0 Å². The molecule has 0 aliphatic carbocycles. The van der Waals surface area contributed by atoms with Crippen LogP contribution in [0.2, 0.25) is 0 Å². The summed E-state index contributed by atoms with van der Waals surface area (Å²) in [4.78, 5) is 4.47. The fourth-order valence-corrected chi connectivity index (χ4v) is 3.94. The summed E-state index contributed by atoms with van der Waals surface area (Å²) in [7, 11) is 0. The van der Waals surface area contributed by atoms with Gasteiger partial charge in [0.25, 0.3) is 0 Å². The average molecular weight is 388 g/mol. The molecule has 1 aromatic carbocycles. The average Bonchev–Trinajstić information content (AvgIpc) is 3.09. The van der Waals surface area contributed by atoms with Gasteiger partial charge in [0.05, 0.1) is 11.9 Å². The van der Waals surface area contributed by atoms with E-state index in [0.717, 1.165) is 27.7 Å². The van der Waals surface area contributed by atoms with Gasteiger partial charge in [0.1, 0.15) is 5.65 Å². The highest BCUT2D eigenvalue weighted by atomic mass is 19.4. The summed E-state index contributed by atoms with van der Waals surface area (Å²) in [5.74, 6) is 0.921. The van der Waals surface area contributed by atoms with Crippen LogP contribution in [0.1, 0.15) is 51.3 Å². The second-order valence-corrected chi connectivity index (χ2v) is 8.11. The van der Waals surface area contributed by atoms with E-state index in [4.69, 9.17) is 0 Å². The van der Waals surface area contributed by atoms with E-state index < -0.39 is 12.6 Å². The zero-order chi connectivity index (χ0) is 20.8. The number of hydrogen-bond donors (Lipinski definition) is 0. The van der Waals surface area contributed by atoms with Gasteiger partial charge in [-0.25, -0.2) is 4.98 Å². The third kappa shape index (κ3) is 3.67. The van der Waals surface area contributed by atoms with Crippen molar-refractivity contribution in [3.05, 3.63) is 52.9 Å². The van der Waals surface area contributed by atoms with Crippen molar-refractivity contribution >= 4 is 22.1 Å². The highest BCUT2D eigenvalue weighted by molar-refractivity contribution is 5.97. The number of aryl methyl sites for hydroxylation is 1. The van der Waals surface area contributed by atoms with Crippen molar-refractivity contribution in [3.63, 3.8) is 0 Å². The van der Waals surface area contributed by atoms with E-state index in [1.165, 1.54) is 11.1 Å². The molecule has 3 rings (SSSR count). The molecule has 0 N–H and O–H groups in total. The highest BCUT2D eigenvalue weighted by Crippen LogP contribution is 2.36. The monoisotopic (exact) mass is 388 g/mol. The first-order chi connectivity index (χ1) is 13.0. The van der Waals surface area contributed by atoms with Gasteiger partial charge in [-0.1, -0.05) is 38.5 Å². The van der Waals surface area contributed by atoms with Gasteiger partial charge in [-0.2, -0.15) is 13.2 Å². The number of hydrogen-bond acceptors (Lipinski definition) is 1. The molecule has 3 aromatic rings. The number of aromatic nitrogens is 2. The Morgan fingerprint density at radius 3 is 2.43 bits per heavy atom. The van der Waals surface area contributed by atoms with Crippen molar-refractivity contribution in [2.75, 3.05) is 0 Å². The highest BCUT2D eigenvalue weighted by Gasteiger charge is 2.28. The Bertz CT molecular complexity index is 1060. The molecule has 0 amide bonds. The number of benzene rings is 1. The van der Waals surface area contributed by atoms with E-state index >= 15 is 0 Å². The molecule has 2 heterocycles. The largest absolute Gasteiger partial charge is 0.393 e. The van der Waals surface area contributed by atoms with Crippen molar-refractivity contribution in [1.82, 2.24) is 9.38 Å². The van der Waals surface area contributed by atoms with Crippen LogP contribution in [-0.4, -0.2) is 15.6 Å². The number of pyridine rings is 1. The van der Waals surface area contributed by atoms with E-state index in [1.54, 1.807) is 18.3 Å². The van der Waals surface area contributed by atoms with Crippen molar-refractivity contribution in [2.24, 2.45) is 11.8 Å². The van der Waals surface area contributed by atoms with Crippen LogP contribution in [-0.2, 0) is 6.42 Å². The van der Waals surface area contributed by atoms with Gasteiger partial charge in [0.15, 0.2) is 0 Å². The molecular weight excluding hydrogens is 361 g/mol. The minimum Gasteiger partial charge on any atom is -0.299 e. The van der Waals surface area contributed by atoms with Crippen LogP contribution in [0.25, 0.3) is 22.1 Å². The molecule has 0 fully saturated rings. The third-order valence-corrected chi connectivity index (χ3v) is 6.00. The standard InChI is InChI=1S/C23H27F3N2/c1-13(2)14(3)15(4)16(5)21-17(6)22-27-9-10-28(22)20-11-18(7-8-19(20)21)12-23(24,25)26/h7-11,13-14H,12H2,1-6H3/b16-15-. The van der Waals surface area contributed by atoms with Crippen LogP contribution in [0.4, 0.5) is 13.2 Å². The quantitative estimate of drug-likeness (QED) is 0.471. The maximum absolute atomic E-state index is 12.9. The Morgan fingerprint density at radius 2 is 1.82 bits per heavy atom. The molecule has 0 spiro atoms. The van der Waals surface area contributed by atoms with E-state index in [-0.39, 0.29) is 5.56 Å². The summed E-state index contributed by atoms with van der Waals surface area (Å²) in [6, 6.07) is 5.07. The Hall–Kier alpha value is -2.30. The van der Waals surface area contributed by atoms with Gasteiger partial charge in [-0.15, -0.1) is 0 Å². The molecule has 2 nitrogen and oxygen atoms in total. The molecule has 0 aliphatic rings. The normalized spacial score (nSPS) is 14.8. The molecule has 1 atom stereocenters. The number of alkyl halides is 3. The lowest BCUT2D eigenvalue weighted by molar-refractivity contribution is -0.127. The number of fused-ring (bicyclic) bond motifs is 3. The lowest BCUT2D eigenvalue weighted by atomic mass is 9.84. The van der Waals surface area contributed by atoms with Crippen molar-refractivity contribution in [2.45, 2.75) is 54.1 Å². The van der Waals surface area contributed by atoms with Crippen LogP contribution in [0, 0.1) is 18.8 Å². The number of allylic oxidation sites excluding steroid dienone is 2. The predicted octanol–water partition coefficient (Wildman–Crippen LogP) is 6.99. The fraction of sp³-hybridized carbons (Fsp3) is 0.435. The minimum absolute atomic E-state index is 0.263.